The number of hydrogen-bond acceptors (Lipinski definition) is 2. The molecule has 0 unspecified atom stereocenters. The van der Waals surface area contributed by atoms with Crippen molar-refractivity contribution in [1.29, 1.82) is 0 Å². The first-order chi connectivity index (χ1) is 3.91. The maximum Gasteiger partial charge on any atom is 0.0643 e. The van der Waals surface area contributed by atoms with Crippen molar-refractivity contribution < 1.29 is 4.74 Å². The molecular weight excluding hydrogens is 120 g/mol. The third-order valence-corrected chi connectivity index (χ3v) is 1.22. The summed E-state index contributed by atoms with van der Waals surface area (Å²) in [4.78, 5) is 0. The van der Waals surface area contributed by atoms with Gasteiger partial charge in [0, 0.05) is 12.9 Å². The fourth-order valence-electron chi connectivity index (χ4n) is 0.329. The van der Waals surface area contributed by atoms with Crippen LogP contribution in [0.2, 0.25) is 0 Å². The molecule has 0 saturated heterocycles. The molecule has 1 nitrogen and oxygen atoms in total. The van der Waals surface area contributed by atoms with Crippen molar-refractivity contribution in [3.63, 3.8) is 0 Å². The molecule has 0 aliphatic rings. The summed E-state index contributed by atoms with van der Waals surface area (Å²) in [7, 11) is 1.70. The first-order valence-electron chi connectivity index (χ1n) is 2.54. The second-order valence-corrected chi connectivity index (χ2v) is 2.29. The fraction of sp³-hybridized carbons (Fsp3) is 0.667. The Hall–Kier alpha value is 0.0500. The largest absolute Gasteiger partial charge is 0.381 e. The van der Waals surface area contributed by atoms with Crippen LogP contribution in [0.25, 0.3) is 0 Å². The van der Waals surface area contributed by atoms with Gasteiger partial charge in [-0.3, -0.25) is 0 Å². The Labute approximate surface area is 55.1 Å². The lowest BCUT2D eigenvalue weighted by molar-refractivity contribution is 0.234. The van der Waals surface area contributed by atoms with E-state index in [0.717, 1.165) is 12.4 Å². The molecule has 0 spiro atoms. The van der Waals surface area contributed by atoms with Crippen LogP contribution in [0.1, 0.15) is 0 Å². The monoisotopic (exact) mass is 132 g/mol. The van der Waals surface area contributed by atoms with Gasteiger partial charge in [-0.2, -0.15) is 11.8 Å². The van der Waals surface area contributed by atoms with Crippen molar-refractivity contribution in [1.82, 2.24) is 0 Å². The third kappa shape index (κ3) is 6.05. The lowest BCUT2D eigenvalue weighted by Gasteiger charge is -1.86. The van der Waals surface area contributed by atoms with Crippen LogP contribution in [0, 0.1) is 0 Å². The molecule has 2 heteroatoms. The van der Waals surface area contributed by atoms with Crippen LogP contribution in [-0.4, -0.2) is 25.7 Å². The van der Waals surface area contributed by atoms with Crippen molar-refractivity contribution in [2.24, 2.45) is 0 Å². The van der Waals surface area contributed by atoms with Gasteiger partial charge in [0.25, 0.3) is 0 Å². The zero-order valence-corrected chi connectivity index (χ0v) is 6.20. The Morgan fingerprint density at radius 1 is 1.50 bits per heavy atom. The molecule has 0 aromatic carbocycles. The van der Waals surface area contributed by atoms with E-state index in [4.69, 9.17) is 4.74 Å². The molecule has 0 aromatic heterocycles. The van der Waals surface area contributed by atoms with Gasteiger partial charge in [-0.05, 0) is 6.26 Å². The van der Waals surface area contributed by atoms with E-state index in [1.54, 1.807) is 7.11 Å². The Morgan fingerprint density at radius 3 is 2.75 bits per heavy atom. The highest BCUT2D eigenvalue weighted by atomic mass is 32.2. The summed E-state index contributed by atoms with van der Waals surface area (Å²) in [6.07, 6.45) is 6.21. The van der Waals surface area contributed by atoms with Gasteiger partial charge >= 0.3 is 0 Å². The van der Waals surface area contributed by atoms with Gasteiger partial charge in [0.1, 0.15) is 0 Å². The van der Waals surface area contributed by atoms with E-state index in [9.17, 15) is 0 Å². The third-order valence-electron chi connectivity index (χ3n) is 0.692. The van der Waals surface area contributed by atoms with Crippen LogP contribution in [-0.2, 0) is 4.74 Å². The van der Waals surface area contributed by atoms with E-state index in [0.29, 0.717) is 0 Å². The first kappa shape index (κ1) is 8.05. The number of thioether (sulfide) groups is 1. The highest BCUT2D eigenvalue weighted by Gasteiger charge is 1.71. The maximum atomic E-state index is 4.79. The van der Waals surface area contributed by atoms with Crippen LogP contribution in [0.5, 0.6) is 0 Å². The molecule has 0 aliphatic heterocycles. The van der Waals surface area contributed by atoms with E-state index in [1.807, 2.05) is 17.8 Å². The topological polar surface area (TPSA) is 9.23 Å². The van der Waals surface area contributed by atoms with Crippen LogP contribution >= 0.6 is 11.8 Å². The predicted molar refractivity (Wildman–Crippen MR) is 39.4 cm³/mol. The fourth-order valence-corrected chi connectivity index (χ4v) is 0.657. The van der Waals surface area contributed by atoms with Gasteiger partial charge in [-0.25, -0.2) is 0 Å². The lowest BCUT2D eigenvalue weighted by Crippen LogP contribution is -1.80. The van der Waals surface area contributed by atoms with Crippen LogP contribution in [0.4, 0.5) is 0 Å². The highest BCUT2D eigenvalue weighted by molar-refractivity contribution is 7.98. The smallest absolute Gasteiger partial charge is 0.0643 e. The lowest BCUT2D eigenvalue weighted by atomic mass is 10.6. The van der Waals surface area contributed by atoms with E-state index >= 15 is 0 Å². The summed E-state index contributed by atoms with van der Waals surface area (Å²) >= 11 is 1.81. The molecule has 8 heavy (non-hydrogen) atoms. The minimum atomic E-state index is 0.737. The maximum absolute atomic E-state index is 4.79. The normalized spacial score (nSPS) is 10.8. The number of methoxy groups -OCH3 is 1. The number of ether oxygens (including phenoxy) is 1. The van der Waals surface area contributed by atoms with E-state index in [1.165, 1.54) is 0 Å². The molecule has 0 N–H and O–H groups in total. The summed E-state index contributed by atoms with van der Waals surface area (Å²) in [5, 5.41) is 0. The standard InChI is InChI=1S/C6H12OS/c1-7-5-3-4-6-8-2/h3-4H,5-6H2,1-2H3/b4-3+. The molecule has 0 saturated carbocycles. The molecule has 0 amide bonds. The average molecular weight is 132 g/mol. The SMILES string of the molecule is COC/C=C/CSC. The van der Waals surface area contributed by atoms with Crippen molar-refractivity contribution in [3.05, 3.63) is 12.2 Å². The summed E-state index contributed by atoms with van der Waals surface area (Å²) in [6, 6.07) is 0. The van der Waals surface area contributed by atoms with Gasteiger partial charge in [-0.15, -0.1) is 0 Å². The van der Waals surface area contributed by atoms with E-state index in [-0.39, 0.29) is 0 Å². The van der Waals surface area contributed by atoms with Gasteiger partial charge in [0.15, 0.2) is 0 Å². The Balaban J connectivity index is 2.83. The van der Waals surface area contributed by atoms with Crippen LogP contribution < -0.4 is 0 Å². The number of rotatable bonds is 4. The zero-order valence-electron chi connectivity index (χ0n) is 5.39. The summed E-state index contributed by atoms with van der Waals surface area (Å²) in [5.41, 5.74) is 0. The first-order valence-corrected chi connectivity index (χ1v) is 3.94. The van der Waals surface area contributed by atoms with Crippen LogP contribution in [0.3, 0.4) is 0 Å². The Kier molecular flexibility index (Phi) is 7.09. The van der Waals surface area contributed by atoms with E-state index in [2.05, 4.69) is 12.3 Å². The molecular formula is C6H12OS. The van der Waals surface area contributed by atoms with Crippen molar-refractivity contribution in [2.45, 2.75) is 0 Å². The zero-order chi connectivity index (χ0) is 6.24. The van der Waals surface area contributed by atoms with Gasteiger partial charge in [0.2, 0.25) is 0 Å². The van der Waals surface area contributed by atoms with Gasteiger partial charge < -0.3 is 4.74 Å². The quantitative estimate of drug-likeness (QED) is 0.537. The summed E-state index contributed by atoms with van der Waals surface area (Å²) in [5.74, 6) is 1.09. The second kappa shape index (κ2) is 7.05. The highest BCUT2D eigenvalue weighted by Crippen LogP contribution is 1.90. The molecule has 48 valence electrons. The van der Waals surface area contributed by atoms with Crippen molar-refractivity contribution in [3.8, 4) is 0 Å². The Bertz CT molecular complexity index is 53.5. The Morgan fingerprint density at radius 2 is 2.25 bits per heavy atom. The molecule has 0 bridgehead atoms. The van der Waals surface area contributed by atoms with Crippen molar-refractivity contribution in [2.75, 3.05) is 25.7 Å². The summed E-state index contributed by atoms with van der Waals surface area (Å²) < 4.78 is 4.79. The molecule has 0 fully saturated rings. The summed E-state index contributed by atoms with van der Waals surface area (Å²) in [6.45, 7) is 0.737. The second-order valence-electron chi connectivity index (χ2n) is 1.38. The minimum Gasteiger partial charge on any atom is -0.381 e. The molecule has 0 atom stereocenters. The number of hydrogen-bond donors (Lipinski definition) is 0. The predicted octanol–water partition coefficient (Wildman–Crippen LogP) is 1.55. The average Bonchev–Trinajstić information content (AvgIpc) is 1.81. The van der Waals surface area contributed by atoms with Crippen molar-refractivity contribution >= 4 is 11.8 Å². The molecule has 0 heterocycles. The van der Waals surface area contributed by atoms with Gasteiger partial charge in [0.05, 0.1) is 6.61 Å². The molecule has 0 rings (SSSR count). The molecule has 0 radical (unpaired) electrons. The molecule has 0 aliphatic carbocycles. The molecule has 0 aromatic rings. The van der Waals surface area contributed by atoms with E-state index < -0.39 is 0 Å². The van der Waals surface area contributed by atoms with Crippen LogP contribution in [0.15, 0.2) is 12.2 Å². The minimum absolute atomic E-state index is 0.737. The van der Waals surface area contributed by atoms with Gasteiger partial charge in [-0.1, -0.05) is 12.2 Å².